The highest BCUT2D eigenvalue weighted by molar-refractivity contribution is 9.11. The Bertz CT molecular complexity index is 252. The molecule has 0 aromatic heterocycles. The van der Waals surface area contributed by atoms with E-state index in [0.717, 1.165) is 0 Å². The van der Waals surface area contributed by atoms with Crippen LogP contribution in [0, 0.1) is 5.92 Å². The zero-order valence-corrected chi connectivity index (χ0v) is 10.8. The molecule has 0 aromatic rings. The third-order valence-electron chi connectivity index (χ3n) is 1.79. The van der Waals surface area contributed by atoms with E-state index >= 15 is 0 Å². The normalized spacial score (nSPS) is 12.9. The Morgan fingerprint density at radius 1 is 1.40 bits per heavy atom. The van der Waals surface area contributed by atoms with E-state index < -0.39 is 6.04 Å². The summed E-state index contributed by atoms with van der Waals surface area (Å²) in [4.78, 5) is 24.2. The van der Waals surface area contributed by atoms with E-state index in [0.29, 0.717) is 6.54 Å². The fourth-order valence-electron chi connectivity index (χ4n) is 1.07. The molecule has 0 bridgehead atoms. The number of amides is 2. The third-order valence-corrected chi connectivity index (χ3v) is 2.16. The molecular weight excluding hydrogens is 260 g/mol. The van der Waals surface area contributed by atoms with Crippen molar-refractivity contribution >= 4 is 27.7 Å². The van der Waals surface area contributed by atoms with Crippen LogP contribution in [-0.2, 0) is 9.59 Å². The molecule has 0 aliphatic rings. The van der Waals surface area contributed by atoms with Gasteiger partial charge in [0.2, 0.25) is 11.8 Å². The van der Waals surface area contributed by atoms with Gasteiger partial charge in [0.25, 0.3) is 0 Å². The van der Waals surface area contributed by atoms with Crippen molar-refractivity contribution in [2.45, 2.75) is 26.8 Å². The number of carbonyl (C=O) groups is 2. The van der Waals surface area contributed by atoms with E-state index in [1.54, 1.807) is 11.1 Å². The predicted molar refractivity (Wildman–Crippen MR) is 63.5 cm³/mol. The first-order chi connectivity index (χ1) is 6.99. The number of rotatable bonds is 5. The smallest absolute Gasteiger partial charge is 0.243 e. The largest absolute Gasteiger partial charge is 0.351 e. The fraction of sp³-hybridized carbons (Fsp3) is 0.600. The first-order valence-electron chi connectivity index (χ1n) is 4.79. The van der Waals surface area contributed by atoms with Crippen LogP contribution < -0.4 is 10.6 Å². The van der Waals surface area contributed by atoms with Gasteiger partial charge in [0.05, 0.1) is 0 Å². The van der Waals surface area contributed by atoms with Crippen LogP contribution in [-0.4, -0.2) is 24.4 Å². The molecule has 0 aromatic carbocycles. The Morgan fingerprint density at radius 2 is 2.00 bits per heavy atom. The Hall–Kier alpha value is -0.840. The summed E-state index contributed by atoms with van der Waals surface area (Å²) < 4.78 is 0. The van der Waals surface area contributed by atoms with Crippen molar-refractivity contribution < 1.29 is 9.59 Å². The van der Waals surface area contributed by atoms with E-state index in [1.807, 2.05) is 13.8 Å². The number of hydrogen-bond acceptors (Lipinski definition) is 2. The summed E-state index contributed by atoms with van der Waals surface area (Å²) in [7, 11) is 0. The van der Waals surface area contributed by atoms with Crippen LogP contribution in [0.15, 0.2) is 11.1 Å². The first-order valence-corrected chi connectivity index (χ1v) is 5.70. The van der Waals surface area contributed by atoms with Crippen molar-refractivity contribution in [1.82, 2.24) is 10.6 Å². The summed E-state index contributed by atoms with van der Waals surface area (Å²) in [6.07, 6.45) is 1.77. The molecule has 0 radical (unpaired) electrons. The molecule has 0 saturated heterocycles. The maximum absolute atomic E-state index is 11.6. The maximum Gasteiger partial charge on any atom is 0.243 e. The molecule has 0 saturated carbocycles. The molecular formula is C10H17BrN2O2. The van der Waals surface area contributed by atoms with E-state index in [-0.39, 0.29) is 17.7 Å². The van der Waals surface area contributed by atoms with Gasteiger partial charge in [-0.25, -0.2) is 0 Å². The number of nitrogens with one attached hydrogen (secondary N) is 2. The third kappa shape index (κ3) is 6.28. The van der Waals surface area contributed by atoms with Crippen LogP contribution in [0.25, 0.3) is 0 Å². The van der Waals surface area contributed by atoms with Crippen molar-refractivity contribution in [3.63, 3.8) is 0 Å². The lowest BCUT2D eigenvalue weighted by Crippen LogP contribution is -2.49. The van der Waals surface area contributed by atoms with Crippen LogP contribution in [0.5, 0.6) is 0 Å². The molecule has 1 atom stereocenters. The summed E-state index contributed by atoms with van der Waals surface area (Å²) in [6.45, 7) is 5.63. The minimum atomic E-state index is -0.466. The summed E-state index contributed by atoms with van der Waals surface area (Å²) >= 11 is 3.10. The van der Waals surface area contributed by atoms with Crippen molar-refractivity contribution in [2.24, 2.45) is 5.92 Å². The van der Waals surface area contributed by atoms with E-state index in [9.17, 15) is 9.59 Å². The minimum Gasteiger partial charge on any atom is -0.351 e. The summed E-state index contributed by atoms with van der Waals surface area (Å²) in [5.74, 6) is -0.285. The molecule has 2 amide bonds. The predicted octanol–water partition coefficient (Wildman–Crippen LogP) is 1.17. The van der Waals surface area contributed by atoms with Gasteiger partial charge >= 0.3 is 0 Å². The fourth-order valence-corrected chi connectivity index (χ4v) is 1.25. The number of carbonyl (C=O) groups excluding carboxylic acids is 2. The maximum atomic E-state index is 11.6. The molecule has 0 spiro atoms. The molecule has 0 rings (SSSR count). The number of halogens is 1. The summed E-state index contributed by atoms with van der Waals surface area (Å²) in [5.41, 5.74) is 0. The standard InChI is InChI=1S/C10H17BrN2O2/c1-7(2)9(13-8(3)14)10(15)12-6-4-5-11/h4-5,7,9H,6H2,1-3H3,(H,12,15)(H,13,14)/b5-4+/t9-/m0/s1. The van der Waals surface area contributed by atoms with E-state index in [1.165, 1.54) is 6.92 Å². The SMILES string of the molecule is CC(=O)N[C@H](C(=O)NC/C=C/Br)C(C)C. The molecule has 15 heavy (non-hydrogen) atoms. The summed E-state index contributed by atoms with van der Waals surface area (Å²) in [5, 5.41) is 5.32. The monoisotopic (exact) mass is 276 g/mol. The van der Waals surface area contributed by atoms with E-state index in [2.05, 4.69) is 26.6 Å². The Balaban J connectivity index is 4.23. The van der Waals surface area contributed by atoms with Crippen LogP contribution in [0.3, 0.4) is 0 Å². The second-order valence-corrected chi connectivity index (χ2v) is 4.06. The summed E-state index contributed by atoms with van der Waals surface area (Å²) in [6, 6.07) is -0.466. The Kier molecular flexibility index (Phi) is 7.03. The highest BCUT2D eigenvalue weighted by atomic mass is 79.9. The lowest BCUT2D eigenvalue weighted by molar-refractivity contribution is -0.129. The van der Waals surface area contributed by atoms with Gasteiger partial charge in [-0.2, -0.15) is 0 Å². The Morgan fingerprint density at radius 3 is 2.40 bits per heavy atom. The highest BCUT2D eigenvalue weighted by Crippen LogP contribution is 2.01. The highest BCUT2D eigenvalue weighted by Gasteiger charge is 2.21. The molecule has 4 nitrogen and oxygen atoms in total. The van der Waals surface area contributed by atoms with Gasteiger partial charge in [0.15, 0.2) is 0 Å². The van der Waals surface area contributed by atoms with Crippen LogP contribution >= 0.6 is 15.9 Å². The van der Waals surface area contributed by atoms with Gasteiger partial charge in [-0.3, -0.25) is 9.59 Å². The lowest BCUT2D eigenvalue weighted by atomic mass is 10.0. The molecule has 86 valence electrons. The molecule has 0 fully saturated rings. The second kappa shape index (κ2) is 7.45. The molecule has 5 heteroatoms. The van der Waals surface area contributed by atoms with Gasteiger partial charge in [-0.15, -0.1) is 0 Å². The first kappa shape index (κ1) is 14.2. The number of hydrogen-bond donors (Lipinski definition) is 2. The van der Waals surface area contributed by atoms with Crippen LogP contribution in [0.1, 0.15) is 20.8 Å². The van der Waals surface area contributed by atoms with Crippen molar-refractivity contribution in [3.8, 4) is 0 Å². The topological polar surface area (TPSA) is 58.2 Å². The average Bonchev–Trinajstić information content (AvgIpc) is 2.13. The molecule has 0 aliphatic carbocycles. The van der Waals surface area contributed by atoms with Gasteiger partial charge in [-0.05, 0) is 10.9 Å². The van der Waals surface area contributed by atoms with Crippen LogP contribution in [0.2, 0.25) is 0 Å². The van der Waals surface area contributed by atoms with Gasteiger partial charge in [-0.1, -0.05) is 35.9 Å². The quantitative estimate of drug-likeness (QED) is 0.792. The second-order valence-electron chi connectivity index (χ2n) is 3.53. The molecule has 0 heterocycles. The van der Waals surface area contributed by atoms with Crippen LogP contribution in [0.4, 0.5) is 0 Å². The molecule has 0 aliphatic heterocycles. The van der Waals surface area contributed by atoms with Crippen molar-refractivity contribution in [1.29, 1.82) is 0 Å². The van der Waals surface area contributed by atoms with Gasteiger partial charge in [0, 0.05) is 13.5 Å². The van der Waals surface area contributed by atoms with Gasteiger partial charge in [0.1, 0.15) is 6.04 Å². The Labute approximate surface area is 98.6 Å². The zero-order chi connectivity index (χ0) is 11.8. The average molecular weight is 277 g/mol. The molecule has 0 unspecified atom stereocenters. The van der Waals surface area contributed by atoms with Crippen molar-refractivity contribution in [2.75, 3.05) is 6.54 Å². The molecule has 2 N–H and O–H groups in total. The van der Waals surface area contributed by atoms with Gasteiger partial charge < -0.3 is 10.6 Å². The lowest BCUT2D eigenvalue weighted by Gasteiger charge is -2.20. The minimum absolute atomic E-state index is 0.0712. The van der Waals surface area contributed by atoms with Crippen molar-refractivity contribution in [3.05, 3.63) is 11.1 Å². The zero-order valence-electron chi connectivity index (χ0n) is 9.21. The van der Waals surface area contributed by atoms with E-state index in [4.69, 9.17) is 0 Å².